The highest BCUT2D eigenvalue weighted by Crippen LogP contribution is 2.33. The van der Waals surface area contributed by atoms with Gasteiger partial charge in [0.2, 0.25) is 5.91 Å². The highest BCUT2D eigenvalue weighted by atomic mass is 35.5. The zero-order chi connectivity index (χ0) is 21.5. The van der Waals surface area contributed by atoms with Gasteiger partial charge in [-0.25, -0.2) is 0 Å². The molecule has 0 aliphatic carbocycles. The molecule has 154 valence electrons. The van der Waals surface area contributed by atoms with E-state index in [2.05, 4.69) is 10.6 Å². The van der Waals surface area contributed by atoms with Gasteiger partial charge >= 0.3 is 0 Å². The van der Waals surface area contributed by atoms with Gasteiger partial charge in [0.15, 0.2) is 5.75 Å². The fraction of sp³-hybridized carbons (Fsp3) is 0.130. The van der Waals surface area contributed by atoms with Gasteiger partial charge in [-0.1, -0.05) is 23.7 Å². The number of hydrogen-bond acceptors (Lipinski definition) is 4. The summed E-state index contributed by atoms with van der Waals surface area (Å²) < 4.78 is 11.1. The molecule has 7 heteroatoms. The van der Waals surface area contributed by atoms with Gasteiger partial charge in [-0.05, 0) is 60.2 Å². The van der Waals surface area contributed by atoms with Crippen molar-refractivity contribution in [3.05, 3.63) is 82.9 Å². The first kappa shape index (κ1) is 21.2. The third-order valence-corrected chi connectivity index (χ3v) is 4.47. The van der Waals surface area contributed by atoms with Gasteiger partial charge in [0.1, 0.15) is 11.5 Å². The minimum atomic E-state index is -0.303. The minimum Gasteiger partial charge on any atom is -0.497 e. The number of nitrogens with one attached hydrogen (secondary N) is 2. The number of halogens is 1. The Hall–Kier alpha value is -3.51. The van der Waals surface area contributed by atoms with Crippen LogP contribution in [-0.4, -0.2) is 18.9 Å². The molecular formula is C23H21ClN2O4. The number of ether oxygens (including phenoxy) is 2. The Morgan fingerprint density at radius 3 is 2.23 bits per heavy atom. The van der Waals surface area contributed by atoms with Gasteiger partial charge in [-0.15, -0.1) is 0 Å². The number of carbonyl (C=O) groups is 2. The summed E-state index contributed by atoms with van der Waals surface area (Å²) in [7, 11) is 1.59. The number of anilines is 1. The van der Waals surface area contributed by atoms with Crippen LogP contribution in [0.4, 0.5) is 5.69 Å². The fourth-order valence-corrected chi connectivity index (χ4v) is 2.83. The summed E-state index contributed by atoms with van der Waals surface area (Å²) in [5, 5.41) is 6.02. The lowest BCUT2D eigenvalue weighted by atomic mass is 10.1. The zero-order valence-corrected chi connectivity index (χ0v) is 17.3. The van der Waals surface area contributed by atoms with Crippen molar-refractivity contribution in [2.75, 3.05) is 12.4 Å². The van der Waals surface area contributed by atoms with Crippen molar-refractivity contribution >= 4 is 29.1 Å². The maximum Gasteiger partial charge on any atom is 0.255 e. The lowest BCUT2D eigenvalue weighted by Gasteiger charge is -2.13. The molecule has 0 saturated carbocycles. The van der Waals surface area contributed by atoms with E-state index in [1.165, 1.54) is 6.92 Å². The van der Waals surface area contributed by atoms with Crippen molar-refractivity contribution in [1.29, 1.82) is 0 Å². The number of benzene rings is 3. The number of rotatable bonds is 7. The standard InChI is InChI=1S/C23H21ClN2O4/c1-15(27)25-14-16-3-5-17(6-4-16)23(28)26-21-13-18(24)7-12-22(21)30-20-10-8-19(29-2)9-11-20/h3-13H,14H2,1-2H3,(H,25,27)(H,26,28). The molecular weight excluding hydrogens is 404 g/mol. The first-order valence-corrected chi connectivity index (χ1v) is 9.58. The van der Waals surface area contributed by atoms with Crippen molar-refractivity contribution in [2.45, 2.75) is 13.5 Å². The van der Waals surface area contributed by atoms with E-state index in [4.69, 9.17) is 21.1 Å². The molecule has 3 rings (SSSR count). The summed E-state index contributed by atoms with van der Waals surface area (Å²) in [6.45, 7) is 1.86. The maximum atomic E-state index is 12.7. The molecule has 2 amide bonds. The van der Waals surface area contributed by atoms with E-state index in [1.54, 1.807) is 73.8 Å². The van der Waals surface area contributed by atoms with Crippen LogP contribution in [-0.2, 0) is 11.3 Å². The SMILES string of the molecule is COc1ccc(Oc2ccc(Cl)cc2NC(=O)c2ccc(CNC(C)=O)cc2)cc1. The van der Waals surface area contributed by atoms with Gasteiger partial charge in [0.05, 0.1) is 12.8 Å². The van der Waals surface area contributed by atoms with Crippen LogP contribution >= 0.6 is 11.6 Å². The number of amides is 2. The normalized spacial score (nSPS) is 10.2. The molecule has 30 heavy (non-hydrogen) atoms. The predicted molar refractivity (Wildman–Crippen MR) is 116 cm³/mol. The van der Waals surface area contributed by atoms with E-state index in [0.717, 1.165) is 5.56 Å². The van der Waals surface area contributed by atoms with Crippen molar-refractivity contribution in [1.82, 2.24) is 5.32 Å². The Morgan fingerprint density at radius 2 is 1.60 bits per heavy atom. The van der Waals surface area contributed by atoms with Gasteiger partial charge in [-0.2, -0.15) is 0 Å². The number of methoxy groups -OCH3 is 1. The van der Waals surface area contributed by atoms with Crippen molar-refractivity contribution in [2.24, 2.45) is 0 Å². The molecule has 0 aliphatic heterocycles. The van der Waals surface area contributed by atoms with E-state index in [0.29, 0.717) is 40.1 Å². The summed E-state index contributed by atoms with van der Waals surface area (Å²) in [6.07, 6.45) is 0. The first-order chi connectivity index (χ1) is 14.4. The molecule has 0 heterocycles. The van der Waals surface area contributed by atoms with Crippen LogP contribution in [0.1, 0.15) is 22.8 Å². The van der Waals surface area contributed by atoms with Gasteiger partial charge in [-0.3, -0.25) is 9.59 Å². The molecule has 6 nitrogen and oxygen atoms in total. The lowest BCUT2D eigenvalue weighted by Crippen LogP contribution is -2.19. The van der Waals surface area contributed by atoms with Gasteiger partial charge < -0.3 is 20.1 Å². The van der Waals surface area contributed by atoms with Crippen LogP contribution in [0.15, 0.2) is 66.7 Å². The number of carbonyl (C=O) groups excluding carboxylic acids is 2. The second-order valence-corrected chi connectivity index (χ2v) is 6.92. The van der Waals surface area contributed by atoms with Crippen molar-refractivity contribution in [3.63, 3.8) is 0 Å². The molecule has 0 aliphatic rings. The fourth-order valence-electron chi connectivity index (χ4n) is 2.65. The Morgan fingerprint density at radius 1 is 0.933 bits per heavy atom. The van der Waals surface area contributed by atoms with Crippen LogP contribution in [0, 0.1) is 0 Å². The Kier molecular flexibility index (Phi) is 6.93. The van der Waals surface area contributed by atoms with E-state index >= 15 is 0 Å². The summed E-state index contributed by atoms with van der Waals surface area (Å²) >= 11 is 6.11. The summed E-state index contributed by atoms with van der Waals surface area (Å²) in [4.78, 5) is 23.7. The monoisotopic (exact) mass is 424 g/mol. The van der Waals surface area contributed by atoms with Crippen LogP contribution < -0.4 is 20.1 Å². The molecule has 0 unspecified atom stereocenters. The lowest BCUT2D eigenvalue weighted by molar-refractivity contribution is -0.119. The Labute approximate surface area is 179 Å². The van der Waals surface area contributed by atoms with E-state index < -0.39 is 0 Å². The predicted octanol–water partition coefficient (Wildman–Crippen LogP) is 5.03. The first-order valence-electron chi connectivity index (χ1n) is 9.21. The second-order valence-electron chi connectivity index (χ2n) is 6.48. The topological polar surface area (TPSA) is 76.7 Å². The molecule has 0 aromatic heterocycles. The molecule has 0 atom stereocenters. The maximum absolute atomic E-state index is 12.7. The Bertz CT molecular complexity index is 1030. The van der Waals surface area contributed by atoms with E-state index in [-0.39, 0.29) is 11.8 Å². The molecule has 3 aromatic rings. The quantitative estimate of drug-likeness (QED) is 0.557. The van der Waals surface area contributed by atoms with Crippen molar-refractivity contribution in [3.8, 4) is 17.2 Å². The summed E-state index contributed by atoms with van der Waals surface area (Å²) in [5.41, 5.74) is 1.82. The van der Waals surface area contributed by atoms with Crippen molar-refractivity contribution < 1.29 is 19.1 Å². The molecule has 0 saturated heterocycles. The molecule has 0 fully saturated rings. The van der Waals surface area contributed by atoms with Crippen LogP contribution in [0.25, 0.3) is 0 Å². The Balaban J connectivity index is 1.74. The smallest absolute Gasteiger partial charge is 0.255 e. The summed E-state index contributed by atoms with van der Waals surface area (Å²) in [6, 6.07) is 19.1. The van der Waals surface area contributed by atoms with Gasteiger partial charge in [0.25, 0.3) is 5.91 Å². The highest BCUT2D eigenvalue weighted by molar-refractivity contribution is 6.31. The molecule has 0 spiro atoms. The molecule has 2 N–H and O–H groups in total. The third-order valence-electron chi connectivity index (χ3n) is 4.23. The average Bonchev–Trinajstić information content (AvgIpc) is 2.75. The average molecular weight is 425 g/mol. The second kappa shape index (κ2) is 9.80. The number of hydrogen-bond donors (Lipinski definition) is 2. The minimum absolute atomic E-state index is 0.109. The summed E-state index contributed by atoms with van der Waals surface area (Å²) in [5.74, 6) is 1.36. The zero-order valence-electron chi connectivity index (χ0n) is 16.6. The van der Waals surface area contributed by atoms with E-state index in [9.17, 15) is 9.59 Å². The molecule has 0 radical (unpaired) electrons. The highest BCUT2D eigenvalue weighted by Gasteiger charge is 2.12. The van der Waals surface area contributed by atoms with E-state index in [1.807, 2.05) is 0 Å². The van der Waals surface area contributed by atoms with Gasteiger partial charge in [0, 0.05) is 24.1 Å². The van der Waals surface area contributed by atoms with Crippen LogP contribution in [0.3, 0.4) is 0 Å². The molecule has 3 aromatic carbocycles. The van der Waals surface area contributed by atoms with Crippen LogP contribution in [0.2, 0.25) is 5.02 Å². The molecule has 0 bridgehead atoms. The van der Waals surface area contributed by atoms with Crippen LogP contribution in [0.5, 0.6) is 17.2 Å². The largest absolute Gasteiger partial charge is 0.497 e. The third kappa shape index (κ3) is 5.75.